The number of hydrogen-bond donors (Lipinski definition) is 3. The summed E-state index contributed by atoms with van der Waals surface area (Å²) in [6.45, 7) is 2.32. The Kier molecular flexibility index (Phi) is 5.36. The summed E-state index contributed by atoms with van der Waals surface area (Å²) >= 11 is 0. The van der Waals surface area contributed by atoms with Crippen molar-refractivity contribution in [3.05, 3.63) is 23.8 Å². The lowest BCUT2D eigenvalue weighted by atomic mass is 9.73. The average molecular weight is 362 g/mol. The summed E-state index contributed by atoms with van der Waals surface area (Å²) in [6, 6.07) is 4.39. The molecule has 2 fully saturated rings. The Bertz CT molecular complexity index is 693. The largest absolute Gasteiger partial charge is 0.504 e. The fraction of sp³-hybridized carbons (Fsp3) is 0.579. The summed E-state index contributed by atoms with van der Waals surface area (Å²) in [7, 11) is 0. The van der Waals surface area contributed by atoms with Crippen LogP contribution in [0, 0.1) is 5.41 Å². The molecule has 1 atom stereocenters. The first-order chi connectivity index (χ1) is 12.5. The molecule has 0 aliphatic carbocycles. The van der Waals surface area contributed by atoms with Crippen LogP contribution < -0.4 is 0 Å². The number of aliphatic hydroxyl groups is 1. The molecule has 0 bridgehead atoms. The second-order valence-corrected chi connectivity index (χ2v) is 7.40. The van der Waals surface area contributed by atoms with E-state index in [2.05, 4.69) is 0 Å². The predicted molar refractivity (Wildman–Crippen MR) is 94.9 cm³/mol. The number of aromatic hydroxyl groups is 2. The molecule has 2 heterocycles. The maximum Gasteiger partial charge on any atom is 0.257 e. The van der Waals surface area contributed by atoms with Gasteiger partial charge < -0.3 is 25.1 Å². The minimum absolute atomic E-state index is 0.0537. The molecule has 0 radical (unpaired) electrons. The second kappa shape index (κ2) is 7.53. The molecule has 1 aromatic rings. The van der Waals surface area contributed by atoms with Crippen LogP contribution in [0.3, 0.4) is 0 Å². The van der Waals surface area contributed by atoms with Crippen LogP contribution in [0.5, 0.6) is 11.5 Å². The molecule has 26 heavy (non-hydrogen) atoms. The summed E-state index contributed by atoms with van der Waals surface area (Å²) in [5, 5.41) is 28.7. The third kappa shape index (κ3) is 3.62. The maximum absolute atomic E-state index is 12.9. The molecule has 1 aromatic carbocycles. The van der Waals surface area contributed by atoms with Crippen LogP contribution in [0.2, 0.25) is 0 Å². The molecule has 0 aromatic heterocycles. The Hall–Kier alpha value is -2.28. The van der Waals surface area contributed by atoms with E-state index in [0.29, 0.717) is 39.0 Å². The molecular weight excluding hydrogens is 336 g/mol. The van der Waals surface area contributed by atoms with E-state index >= 15 is 0 Å². The lowest BCUT2D eigenvalue weighted by molar-refractivity contribution is -0.139. The van der Waals surface area contributed by atoms with Crippen molar-refractivity contribution in [1.29, 1.82) is 0 Å². The number of aliphatic hydroxyl groups excluding tert-OH is 1. The van der Waals surface area contributed by atoms with E-state index in [1.54, 1.807) is 9.80 Å². The standard InChI is InChI=1S/C19H26N2O5/c22-11-3-10-20-12-19(8-6-16(20)24)7-2-9-21(13-19)18(26)14-4-1-5-15(23)17(14)25/h1,4-5,22-23,25H,2-3,6-13H2/t19-/m0/s1. The Morgan fingerprint density at radius 2 is 2.00 bits per heavy atom. The van der Waals surface area contributed by atoms with E-state index in [9.17, 15) is 19.8 Å². The SMILES string of the molecule is O=C1CC[C@@]2(CCCN(C(=O)c3cccc(O)c3O)C2)CN1CCCO. The van der Waals surface area contributed by atoms with Crippen molar-refractivity contribution in [2.75, 3.05) is 32.8 Å². The molecule has 2 aliphatic heterocycles. The number of phenolic OH excluding ortho intramolecular Hbond substituents is 2. The summed E-state index contributed by atoms with van der Waals surface area (Å²) in [5.41, 5.74) is -0.0324. The van der Waals surface area contributed by atoms with E-state index < -0.39 is 0 Å². The van der Waals surface area contributed by atoms with Crippen LogP contribution in [0.1, 0.15) is 42.5 Å². The number of carbonyl (C=O) groups excluding carboxylic acids is 2. The quantitative estimate of drug-likeness (QED) is 0.702. The van der Waals surface area contributed by atoms with Gasteiger partial charge in [-0.15, -0.1) is 0 Å². The average Bonchev–Trinajstić information content (AvgIpc) is 2.64. The number of para-hydroxylation sites is 1. The van der Waals surface area contributed by atoms with Crippen molar-refractivity contribution in [3.63, 3.8) is 0 Å². The summed E-state index contributed by atoms with van der Waals surface area (Å²) in [4.78, 5) is 28.5. The van der Waals surface area contributed by atoms with E-state index in [1.807, 2.05) is 0 Å². The maximum atomic E-state index is 12.9. The number of likely N-dealkylation sites (tertiary alicyclic amines) is 2. The van der Waals surface area contributed by atoms with Crippen molar-refractivity contribution in [1.82, 2.24) is 9.80 Å². The third-order valence-corrected chi connectivity index (χ3v) is 5.53. The highest BCUT2D eigenvalue weighted by molar-refractivity contribution is 5.97. The minimum Gasteiger partial charge on any atom is -0.504 e. The van der Waals surface area contributed by atoms with E-state index in [-0.39, 0.29) is 40.9 Å². The molecule has 142 valence electrons. The number of piperidine rings is 2. The molecule has 7 heteroatoms. The van der Waals surface area contributed by atoms with Gasteiger partial charge in [0, 0.05) is 44.6 Å². The Morgan fingerprint density at radius 3 is 2.77 bits per heavy atom. The van der Waals surface area contributed by atoms with Crippen molar-refractivity contribution in [2.24, 2.45) is 5.41 Å². The van der Waals surface area contributed by atoms with E-state index in [4.69, 9.17) is 5.11 Å². The Morgan fingerprint density at radius 1 is 1.19 bits per heavy atom. The van der Waals surface area contributed by atoms with Crippen molar-refractivity contribution in [2.45, 2.75) is 32.1 Å². The minimum atomic E-state index is -0.388. The van der Waals surface area contributed by atoms with Gasteiger partial charge in [0.05, 0.1) is 5.56 Å². The summed E-state index contributed by atoms with van der Waals surface area (Å²) < 4.78 is 0. The molecule has 7 nitrogen and oxygen atoms in total. The molecule has 1 spiro atoms. The molecule has 2 aliphatic rings. The normalized spacial score (nSPS) is 23.5. The van der Waals surface area contributed by atoms with Gasteiger partial charge in [-0.05, 0) is 37.8 Å². The van der Waals surface area contributed by atoms with Crippen LogP contribution in [-0.4, -0.2) is 69.7 Å². The van der Waals surface area contributed by atoms with E-state index in [0.717, 1.165) is 19.3 Å². The molecule has 2 saturated heterocycles. The molecule has 3 rings (SSSR count). The number of amides is 2. The number of carbonyl (C=O) groups is 2. The summed E-state index contributed by atoms with van der Waals surface area (Å²) in [5.74, 6) is -0.879. The zero-order valence-corrected chi connectivity index (χ0v) is 14.9. The van der Waals surface area contributed by atoms with Gasteiger partial charge in [-0.2, -0.15) is 0 Å². The molecular formula is C19H26N2O5. The number of nitrogens with zero attached hydrogens (tertiary/aromatic N) is 2. The lowest BCUT2D eigenvalue weighted by Gasteiger charge is -2.48. The Labute approximate surface area is 152 Å². The van der Waals surface area contributed by atoms with Gasteiger partial charge in [-0.3, -0.25) is 9.59 Å². The number of hydrogen-bond acceptors (Lipinski definition) is 5. The highest BCUT2D eigenvalue weighted by atomic mass is 16.3. The van der Waals surface area contributed by atoms with Crippen molar-refractivity contribution < 1.29 is 24.9 Å². The molecule has 0 unspecified atom stereocenters. The second-order valence-electron chi connectivity index (χ2n) is 7.40. The van der Waals surface area contributed by atoms with Gasteiger partial charge in [0.15, 0.2) is 11.5 Å². The number of rotatable bonds is 4. The third-order valence-electron chi connectivity index (χ3n) is 5.53. The molecule has 3 N–H and O–H groups in total. The first-order valence-electron chi connectivity index (χ1n) is 9.15. The lowest BCUT2D eigenvalue weighted by Crippen LogP contribution is -2.55. The van der Waals surface area contributed by atoms with E-state index in [1.165, 1.54) is 18.2 Å². The Balaban J connectivity index is 1.75. The van der Waals surface area contributed by atoms with Gasteiger partial charge in [0.2, 0.25) is 5.91 Å². The zero-order chi connectivity index (χ0) is 18.7. The highest BCUT2D eigenvalue weighted by Gasteiger charge is 2.42. The zero-order valence-electron chi connectivity index (χ0n) is 14.9. The molecule has 2 amide bonds. The van der Waals surface area contributed by atoms with Gasteiger partial charge >= 0.3 is 0 Å². The van der Waals surface area contributed by atoms with Crippen molar-refractivity contribution in [3.8, 4) is 11.5 Å². The fourth-order valence-corrected chi connectivity index (χ4v) is 4.16. The van der Waals surface area contributed by atoms with Crippen LogP contribution >= 0.6 is 0 Å². The predicted octanol–water partition coefficient (Wildman–Crippen LogP) is 1.32. The van der Waals surface area contributed by atoms with Gasteiger partial charge in [-0.25, -0.2) is 0 Å². The van der Waals surface area contributed by atoms with Crippen LogP contribution in [0.25, 0.3) is 0 Å². The van der Waals surface area contributed by atoms with Crippen LogP contribution in [0.15, 0.2) is 18.2 Å². The first-order valence-corrected chi connectivity index (χ1v) is 9.15. The number of benzene rings is 1. The number of phenols is 2. The van der Waals surface area contributed by atoms with Crippen LogP contribution in [0.4, 0.5) is 0 Å². The molecule has 0 saturated carbocycles. The van der Waals surface area contributed by atoms with Gasteiger partial charge in [0.1, 0.15) is 0 Å². The van der Waals surface area contributed by atoms with Gasteiger partial charge in [-0.1, -0.05) is 6.07 Å². The topological polar surface area (TPSA) is 101 Å². The monoisotopic (exact) mass is 362 g/mol. The van der Waals surface area contributed by atoms with Gasteiger partial charge in [0.25, 0.3) is 5.91 Å². The van der Waals surface area contributed by atoms with Crippen LogP contribution in [-0.2, 0) is 4.79 Å². The van der Waals surface area contributed by atoms with Crippen molar-refractivity contribution >= 4 is 11.8 Å². The summed E-state index contributed by atoms with van der Waals surface area (Å²) in [6.07, 6.45) is 3.56. The first kappa shape index (κ1) is 18.5. The highest BCUT2D eigenvalue weighted by Crippen LogP contribution is 2.40. The smallest absolute Gasteiger partial charge is 0.257 e. The fourth-order valence-electron chi connectivity index (χ4n) is 4.16.